The van der Waals surface area contributed by atoms with Gasteiger partial charge in [0, 0.05) is 37.7 Å². The molecular formula is C14H19BrN4O4S2. The van der Waals surface area contributed by atoms with Gasteiger partial charge in [0.2, 0.25) is 10.0 Å². The minimum absolute atomic E-state index is 0.108. The van der Waals surface area contributed by atoms with Crippen LogP contribution in [0.2, 0.25) is 0 Å². The quantitative estimate of drug-likeness (QED) is 0.680. The molecule has 2 rings (SSSR count). The topological polar surface area (TPSA) is 101 Å². The third kappa shape index (κ3) is 4.67. The van der Waals surface area contributed by atoms with Gasteiger partial charge in [-0.1, -0.05) is 15.9 Å². The highest BCUT2D eigenvalue weighted by Crippen LogP contribution is 2.14. The van der Waals surface area contributed by atoms with E-state index in [4.69, 9.17) is 0 Å². The molecule has 11 heteroatoms. The van der Waals surface area contributed by atoms with Gasteiger partial charge in [0.05, 0.1) is 10.6 Å². The van der Waals surface area contributed by atoms with Gasteiger partial charge in [-0.15, -0.1) is 0 Å². The van der Waals surface area contributed by atoms with E-state index in [1.807, 2.05) is 0 Å². The Balaban J connectivity index is 2.06. The standard InChI is InChI=1S/C14H19BrN4O4S2/c1-11-17-13(10-19(11)25(22,23)18(2)3)8-9-16-24(20,21)14-6-4-12(15)5-7-14/h4-7,10,16H,8-9H2,1-3H3. The van der Waals surface area contributed by atoms with E-state index >= 15 is 0 Å². The van der Waals surface area contributed by atoms with Gasteiger partial charge in [-0.05, 0) is 31.2 Å². The summed E-state index contributed by atoms with van der Waals surface area (Å²) in [6.45, 7) is 1.69. The molecule has 25 heavy (non-hydrogen) atoms. The molecule has 1 aromatic carbocycles. The monoisotopic (exact) mass is 450 g/mol. The van der Waals surface area contributed by atoms with E-state index in [-0.39, 0.29) is 17.9 Å². The molecule has 0 aliphatic heterocycles. The highest BCUT2D eigenvalue weighted by Gasteiger charge is 2.20. The number of benzene rings is 1. The van der Waals surface area contributed by atoms with Crippen LogP contribution in [0.4, 0.5) is 0 Å². The molecule has 1 N–H and O–H groups in total. The van der Waals surface area contributed by atoms with Gasteiger partial charge >= 0.3 is 10.2 Å². The first-order chi connectivity index (χ1) is 11.5. The summed E-state index contributed by atoms with van der Waals surface area (Å²) in [4.78, 5) is 4.34. The third-order valence-corrected chi connectivity index (χ3v) is 7.19. The van der Waals surface area contributed by atoms with E-state index in [2.05, 4.69) is 25.6 Å². The summed E-state index contributed by atoms with van der Waals surface area (Å²) in [7, 11) is -4.40. The molecule has 8 nitrogen and oxygen atoms in total. The predicted octanol–water partition coefficient (Wildman–Crippen LogP) is 1.13. The van der Waals surface area contributed by atoms with E-state index in [0.29, 0.717) is 11.5 Å². The van der Waals surface area contributed by atoms with E-state index in [0.717, 1.165) is 12.8 Å². The number of nitrogens with zero attached hydrogens (tertiary/aromatic N) is 3. The Bertz CT molecular complexity index is 951. The Kier molecular flexibility index (Phi) is 6.05. The number of rotatable bonds is 7. The molecule has 138 valence electrons. The Labute approximate surface area is 156 Å². The predicted molar refractivity (Wildman–Crippen MR) is 98.0 cm³/mol. The van der Waals surface area contributed by atoms with Crippen molar-refractivity contribution in [2.45, 2.75) is 18.2 Å². The van der Waals surface area contributed by atoms with Crippen LogP contribution in [0.25, 0.3) is 0 Å². The van der Waals surface area contributed by atoms with Crippen molar-refractivity contribution < 1.29 is 16.8 Å². The van der Waals surface area contributed by atoms with Crippen LogP contribution >= 0.6 is 15.9 Å². The smallest absolute Gasteiger partial charge is 0.237 e. The zero-order valence-electron chi connectivity index (χ0n) is 14.0. The maximum atomic E-state index is 12.2. The van der Waals surface area contributed by atoms with Crippen molar-refractivity contribution in [1.82, 2.24) is 18.0 Å². The van der Waals surface area contributed by atoms with Gasteiger partial charge in [0.1, 0.15) is 5.82 Å². The number of sulfonamides is 1. The number of aryl methyl sites for hydroxylation is 1. The summed E-state index contributed by atoms with van der Waals surface area (Å²) in [5.74, 6) is 0.319. The van der Waals surface area contributed by atoms with Crippen molar-refractivity contribution in [3.63, 3.8) is 0 Å². The number of halogens is 1. The van der Waals surface area contributed by atoms with Gasteiger partial charge in [-0.3, -0.25) is 0 Å². The van der Waals surface area contributed by atoms with Gasteiger partial charge in [-0.2, -0.15) is 12.7 Å². The molecule has 0 aliphatic carbocycles. The summed E-state index contributed by atoms with van der Waals surface area (Å²) < 4.78 is 54.1. The van der Waals surface area contributed by atoms with Crippen LogP contribution in [-0.4, -0.2) is 50.7 Å². The second-order valence-electron chi connectivity index (χ2n) is 5.47. The van der Waals surface area contributed by atoms with Gasteiger partial charge in [-0.25, -0.2) is 22.1 Å². The van der Waals surface area contributed by atoms with Crippen molar-refractivity contribution in [2.75, 3.05) is 20.6 Å². The average Bonchev–Trinajstić information content (AvgIpc) is 2.89. The SMILES string of the molecule is Cc1nc(CCNS(=O)(=O)c2ccc(Br)cc2)cn1S(=O)(=O)N(C)C. The van der Waals surface area contributed by atoms with Crippen LogP contribution in [0.1, 0.15) is 11.5 Å². The molecule has 0 unspecified atom stereocenters. The minimum Gasteiger partial charge on any atom is -0.237 e. The number of nitrogens with one attached hydrogen (secondary N) is 1. The largest absolute Gasteiger partial charge is 0.308 e. The lowest BCUT2D eigenvalue weighted by Crippen LogP contribution is -2.29. The van der Waals surface area contributed by atoms with Crippen molar-refractivity contribution in [1.29, 1.82) is 0 Å². The summed E-state index contributed by atoms with van der Waals surface area (Å²) in [5.41, 5.74) is 0.487. The molecule has 2 aromatic rings. The Morgan fingerprint density at radius 2 is 1.76 bits per heavy atom. The second kappa shape index (κ2) is 7.54. The van der Waals surface area contributed by atoms with Crippen molar-refractivity contribution >= 4 is 36.2 Å². The maximum absolute atomic E-state index is 12.2. The normalized spacial score (nSPS) is 12.7. The van der Waals surface area contributed by atoms with Crippen molar-refractivity contribution in [3.05, 3.63) is 46.5 Å². The van der Waals surface area contributed by atoms with E-state index in [1.54, 1.807) is 19.1 Å². The van der Waals surface area contributed by atoms with E-state index in [9.17, 15) is 16.8 Å². The summed E-state index contributed by atoms with van der Waals surface area (Å²) in [5, 5.41) is 0. The van der Waals surface area contributed by atoms with Crippen molar-refractivity contribution in [3.8, 4) is 0 Å². The van der Waals surface area contributed by atoms with Crippen LogP contribution < -0.4 is 4.72 Å². The highest BCUT2D eigenvalue weighted by atomic mass is 79.9. The molecule has 0 fully saturated rings. The lowest BCUT2D eigenvalue weighted by molar-refractivity contribution is 0.509. The molecule has 0 radical (unpaired) electrons. The highest BCUT2D eigenvalue weighted by molar-refractivity contribution is 9.10. The first-order valence-electron chi connectivity index (χ1n) is 7.27. The zero-order chi connectivity index (χ0) is 18.8. The number of hydrogen-bond acceptors (Lipinski definition) is 5. The van der Waals surface area contributed by atoms with Crippen LogP contribution in [-0.2, 0) is 26.7 Å². The van der Waals surface area contributed by atoms with Crippen molar-refractivity contribution in [2.24, 2.45) is 0 Å². The van der Waals surface area contributed by atoms with Gasteiger partial charge < -0.3 is 0 Å². The van der Waals surface area contributed by atoms with Crippen LogP contribution in [0, 0.1) is 6.92 Å². The summed E-state index contributed by atoms with van der Waals surface area (Å²) >= 11 is 3.25. The molecular weight excluding hydrogens is 432 g/mol. The first kappa shape index (κ1) is 20.0. The first-order valence-corrected chi connectivity index (χ1v) is 10.9. The fraction of sp³-hybridized carbons (Fsp3) is 0.357. The van der Waals surface area contributed by atoms with Crippen LogP contribution in [0.5, 0.6) is 0 Å². The molecule has 0 aliphatic rings. The molecule has 0 amide bonds. The third-order valence-electron chi connectivity index (χ3n) is 3.40. The Morgan fingerprint density at radius 1 is 1.16 bits per heavy atom. The lowest BCUT2D eigenvalue weighted by Gasteiger charge is -2.12. The minimum atomic E-state index is -3.64. The molecule has 1 aromatic heterocycles. The summed E-state index contributed by atoms with van der Waals surface area (Å²) in [6.07, 6.45) is 1.67. The van der Waals surface area contributed by atoms with Crippen LogP contribution in [0.15, 0.2) is 39.8 Å². The number of hydrogen-bond donors (Lipinski definition) is 1. The molecule has 1 heterocycles. The zero-order valence-corrected chi connectivity index (χ0v) is 17.2. The van der Waals surface area contributed by atoms with E-state index in [1.165, 1.54) is 32.4 Å². The fourth-order valence-electron chi connectivity index (χ4n) is 2.06. The van der Waals surface area contributed by atoms with Gasteiger partial charge in [0.15, 0.2) is 0 Å². The van der Waals surface area contributed by atoms with Crippen LogP contribution in [0.3, 0.4) is 0 Å². The Morgan fingerprint density at radius 3 is 2.32 bits per heavy atom. The van der Waals surface area contributed by atoms with E-state index < -0.39 is 20.2 Å². The molecule has 0 saturated heterocycles. The average molecular weight is 451 g/mol. The Hall–Kier alpha value is -1.27. The van der Waals surface area contributed by atoms with Gasteiger partial charge in [0.25, 0.3) is 0 Å². The number of imidazole rings is 1. The number of aromatic nitrogens is 2. The molecule has 0 spiro atoms. The molecule has 0 saturated carbocycles. The molecule has 0 bridgehead atoms. The second-order valence-corrected chi connectivity index (χ2v) is 10.2. The maximum Gasteiger partial charge on any atom is 0.308 e. The summed E-state index contributed by atoms with van der Waals surface area (Å²) in [6, 6.07) is 6.28. The fourth-order valence-corrected chi connectivity index (χ4v) is 4.33. The lowest BCUT2D eigenvalue weighted by atomic mass is 10.3. The molecule has 0 atom stereocenters.